The molecule has 0 saturated carbocycles. The number of esters is 1. The molecule has 0 aromatic rings. The first-order valence-electron chi connectivity index (χ1n) is 6.97. The van der Waals surface area contributed by atoms with Crippen LogP contribution in [0.25, 0.3) is 0 Å². The highest BCUT2D eigenvalue weighted by Gasteiger charge is 2.22. The number of carbonyl (C=O) groups is 3. The van der Waals surface area contributed by atoms with Crippen LogP contribution in [0, 0.1) is 0 Å². The summed E-state index contributed by atoms with van der Waals surface area (Å²) in [6.07, 6.45) is 4.74. The van der Waals surface area contributed by atoms with Crippen LogP contribution in [0.15, 0.2) is 5.10 Å². The van der Waals surface area contributed by atoms with Crippen LogP contribution in [0.4, 0.5) is 0 Å². The number of rotatable bonds is 3. The molecule has 1 fully saturated rings. The molecular weight excluding hydrogens is 262 g/mol. The monoisotopic (exact) mass is 281 g/mol. The van der Waals surface area contributed by atoms with Crippen molar-refractivity contribution in [3.8, 4) is 0 Å². The van der Waals surface area contributed by atoms with Gasteiger partial charge in [-0.15, -0.1) is 0 Å². The minimum Gasteiger partial charge on any atom is -0.451 e. The van der Waals surface area contributed by atoms with Crippen molar-refractivity contribution >= 4 is 23.5 Å². The molecule has 1 N–H and O–H groups in total. The van der Waals surface area contributed by atoms with Crippen LogP contribution in [-0.2, 0) is 19.1 Å². The van der Waals surface area contributed by atoms with E-state index in [1.54, 1.807) is 4.90 Å². The molecule has 7 nitrogen and oxygen atoms in total. The van der Waals surface area contributed by atoms with E-state index in [9.17, 15) is 14.4 Å². The molecule has 0 spiro atoms. The molecule has 0 unspecified atom stereocenters. The average molecular weight is 281 g/mol. The summed E-state index contributed by atoms with van der Waals surface area (Å²) in [7, 11) is 0. The van der Waals surface area contributed by atoms with Crippen LogP contribution in [0.3, 0.4) is 0 Å². The summed E-state index contributed by atoms with van der Waals surface area (Å²) in [5.74, 6) is -1.02. The van der Waals surface area contributed by atoms with E-state index in [-0.39, 0.29) is 37.0 Å². The van der Waals surface area contributed by atoms with E-state index in [0.717, 1.165) is 38.8 Å². The Kier molecular flexibility index (Phi) is 5.09. The molecule has 0 aromatic heterocycles. The highest BCUT2D eigenvalue weighted by Crippen LogP contribution is 2.10. The summed E-state index contributed by atoms with van der Waals surface area (Å²) >= 11 is 0. The van der Waals surface area contributed by atoms with Gasteiger partial charge in [0.2, 0.25) is 5.91 Å². The Hall–Kier alpha value is -1.92. The van der Waals surface area contributed by atoms with Crippen molar-refractivity contribution in [3.05, 3.63) is 0 Å². The van der Waals surface area contributed by atoms with E-state index >= 15 is 0 Å². The van der Waals surface area contributed by atoms with Crippen molar-refractivity contribution in [2.75, 3.05) is 19.7 Å². The second-order valence-electron chi connectivity index (χ2n) is 4.96. The number of carbonyl (C=O) groups excluding carboxylic acids is 3. The van der Waals surface area contributed by atoms with Gasteiger partial charge in [-0.05, 0) is 12.8 Å². The molecule has 2 heterocycles. The molecule has 0 atom stereocenters. The van der Waals surface area contributed by atoms with Crippen molar-refractivity contribution < 1.29 is 19.1 Å². The second kappa shape index (κ2) is 7.02. The third-order valence-electron chi connectivity index (χ3n) is 3.43. The maximum Gasteiger partial charge on any atom is 0.355 e. The Morgan fingerprint density at radius 1 is 1.15 bits per heavy atom. The van der Waals surface area contributed by atoms with Gasteiger partial charge in [0, 0.05) is 25.9 Å². The summed E-state index contributed by atoms with van der Waals surface area (Å²) in [5.41, 5.74) is 2.39. The number of hydrogen-bond acceptors (Lipinski definition) is 5. The van der Waals surface area contributed by atoms with Gasteiger partial charge in [-0.2, -0.15) is 5.10 Å². The number of likely N-dealkylation sites (tertiary alicyclic amines) is 1. The summed E-state index contributed by atoms with van der Waals surface area (Å²) in [6, 6.07) is 0. The SMILES string of the molecule is O=C1CCC(C(=O)OCC(=O)N2CCCCCC2)=NN1. The number of ether oxygens (including phenoxy) is 1. The molecule has 2 aliphatic rings. The van der Waals surface area contributed by atoms with Gasteiger partial charge in [0.25, 0.3) is 5.91 Å². The minimum atomic E-state index is -0.631. The number of hydrogen-bond donors (Lipinski definition) is 1. The molecule has 2 aliphatic heterocycles. The van der Waals surface area contributed by atoms with Crippen molar-refractivity contribution in [3.63, 3.8) is 0 Å². The summed E-state index contributed by atoms with van der Waals surface area (Å²) in [4.78, 5) is 36.3. The molecule has 1 saturated heterocycles. The molecule has 2 rings (SSSR count). The van der Waals surface area contributed by atoms with Crippen LogP contribution in [0.5, 0.6) is 0 Å². The van der Waals surface area contributed by atoms with E-state index in [1.165, 1.54) is 0 Å². The Morgan fingerprint density at radius 2 is 1.85 bits per heavy atom. The predicted octanol–water partition coefficient (Wildman–Crippen LogP) is 0.198. The first kappa shape index (κ1) is 14.5. The predicted molar refractivity (Wildman–Crippen MR) is 70.8 cm³/mol. The molecule has 0 radical (unpaired) electrons. The van der Waals surface area contributed by atoms with E-state index < -0.39 is 5.97 Å². The quantitative estimate of drug-likeness (QED) is 0.748. The van der Waals surface area contributed by atoms with Crippen LogP contribution >= 0.6 is 0 Å². The molecular formula is C13H19N3O4. The zero-order valence-corrected chi connectivity index (χ0v) is 11.4. The van der Waals surface area contributed by atoms with Gasteiger partial charge in [-0.3, -0.25) is 9.59 Å². The van der Waals surface area contributed by atoms with Crippen molar-refractivity contribution in [1.82, 2.24) is 10.3 Å². The molecule has 0 aromatic carbocycles. The molecule has 0 aliphatic carbocycles. The van der Waals surface area contributed by atoms with Crippen LogP contribution < -0.4 is 5.43 Å². The second-order valence-corrected chi connectivity index (χ2v) is 4.96. The Morgan fingerprint density at radius 3 is 2.45 bits per heavy atom. The minimum absolute atomic E-state index is 0.160. The van der Waals surface area contributed by atoms with E-state index in [2.05, 4.69) is 10.5 Å². The maximum atomic E-state index is 11.9. The molecule has 2 amide bonds. The lowest BCUT2D eigenvalue weighted by Gasteiger charge is -2.20. The Labute approximate surface area is 117 Å². The molecule has 7 heteroatoms. The number of hydrazone groups is 1. The van der Waals surface area contributed by atoms with Crippen molar-refractivity contribution in [1.29, 1.82) is 0 Å². The van der Waals surface area contributed by atoms with Gasteiger partial charge in [0.1, 0.15) is 5.71 Å². The van der Waals surface area contributed by atoms with Crippen molar-refractivity contribution in [2.45, 2.75) is 38.5 Å². The maximum absolute atomic E-state index is 11.9. The zero-order valence-electron chi connectivity index (χ0n) is 11.4. The van der Waals surface area contributed by atoms with Gasteiger partial charge >= 0.3 is 5.97 Å². The highest BCUT2D eigenvalue weighted by atomic mass is 16.5. The summed E-state index contributed by atoms with van der Waals surface area (Å²) in [5, 5.41) is 3.63. The van der Waals surface area contributed by atoms with Gasteiger partial charge in [0.05, 0.1) is 0 Å². The Bertz CT molecular complexity index is 425. The van der Waals surface area contributed by atoms with E-state index in [1.807, 2.05) is 0 Å². The lowest BCUT2D eigenvalue weighted by Crippen LogP contribution is -2.37. The highest BCUT2D eigenvalue weighted by molar-refractivity contribution is 6.37. The number of amides is 2. The third kappa shape index (κ3) is 4.04. The fourth-order valence-electron chi connectivity index (χ4n) is 2.24. The van der Waals surface area contributed by atoms with Crippen LogP contribution in [0.1, 0.15) is 38.5 Å². The topological polar surface area (TPSA) is 88.1 Å². The van der Waals surface area contributed by atoms with E-state index in [4.69, 9.17) is 4.74 Å². The number of nitrogens with zero attached hydrogens (tertiary/aromatic N) is 2. The molecule has 0 bridgehead atoms. The van der Waals surface area contributed by atoms with Crippen molar-refractivity contribution in [2.24, 2.45) is 5.10 Å². The fourth-order valence-corrected chi connectivity index (χ4v) is 2.24. The lowest BCUT2D eigenvalue weighted by molar-refractivity contribution is -0.147. The van der Waals surface area contributed by atoms with Gasteiger partial charge in [0.15, 0.2) is 6.61 Å². The van der Waals surface area contributed by atoms with Gasteiger partial charge < -0.3 is 9.64 Å². The third-order valence-corrected chi connectivity index (χ3v) is 3.43. The smallest absolute Gasteiger partial charge is 0.355 e. The van der Waals surface area contributed by atoms with Gasteiger partial charge in [-0.25, -0.2) is 10.2 Å². The molecule has 20 heavy (non-hydrogen) atoms. The Balaban J connectivity index is 1.77. The van der Waals surface area contributed by atoms with Crippen LogP contribution in [0.2, 0.25) is 0 Å². The zero-order chi connectivity index (χ0) is 14.4. The van der Waals surface area contributed by atoms with Crippen LogP contribution in [-0.4, -0.2) is 48.1 Å². The fraction of sp³-hybridized carbons (Fsp3) is 0.692. The average Bonchev–Trinajstić information content (AvgIpc) is 2.74. The first-order chi connectivity index (χ1) is 9.66. The summed E-state index contributed by atoms with van der Waals surface area (Å²) < 4.78 is 4.96. The number of nitrogens with one attached hydrogen (secondary N) is 1. The normalized spacial score (nSPS) is 19.7. The molecule has 110 valence electrons. The van der Waals surface area contributed by atoms with Gasteiger partial charge in [-0.1, -0.05) is 12.8 Å². The lowest BCUT2D eigenvalue weighted by atomic mass is 10.2. The standard InChI is InChI=1S/C13H19N3O4/c17-11-6-5-10(14-15-11)13(19)20-9-12(18)16-7-3-1-2-4-8-16/h1-9H2,(H,15,17). The largest absolute Gasteiger partial charge is 0.451 e. The van der Waals surface area contributed by atoms with E-state index in [0.29, 0.717) is 0 Å². The first-order valence-corrected chi connectivity index (χ1v) is 6.97. The summed E-state index contributed by atoms with van der Waals surface area (Å²) in [6.45, 7) is 1.20.